The van der Waals surface area contributed by atoms with Gasteiger partial charge < -0.3 is 5.11 Å². The number of halogens is 1. The van der Waals surface area contributed by atoms with Crippen LogP contribution in [0.3, 0.4) is 0 Å². The number of aromatic hydroxyl groups is 1. The second kappa shape index (κ2) is 5.48. The zero-order chi connectivity index (χ0) is 12.3. The fraction of sp³-hybridized carbons (Fsp3) is 0.143. The first-order valence-electron chi connectivity index (χ1n) is 5.42. The van der Waals surface area contributed by atoms with Crippen molar-refractivity contribution in [2.24, 2.45) is 0 Å². The zero-order valence-corrected chi connectivity index (χ0v) is 11.1. The lowest BCUT2D eigenvalue weighted by molar-refractivity contribution is 0.475. The van der Waals surface area contributed by atoms with E-state index in [2.05, 4.69) is 31.2 Å². The van der Waals surface area contributed by atoms with Gasteiger partial charge in [0.2, 0.25) is 0 Å². The van der Waals surface area contributed by atoms with Gasteiger partial charge in [0.05, 0.1) is 5.02 Å². The maximum Gasteiger partial charge on any atom is 0.134 e. The third kappa shape index (κ3) is 2.96. The minimum Gasteiger partial charge on any atom is -0.506 e. The Morgan fingerprint density at radius 1 is 1.06 bits per heavy atom. The van der Waals surface area contributed by atoms with Crippen LogP contribution in [0.1, 0.15) is 6.92 Å². The fourth-order valence-electron chi connectivity index (χ4n) is 1.60. The fourth-order valence-corrected chi connectivity index (χ4v) is 2.44. The highest BCUT2D eigenvalue weighted by atomic mass is 35.5. The summed E-state index contributed by atoms with van der Waals surface area (Å²) >= 11 is 7.71. The van der Waals surface area contributed by atoms with Crippen LogP contribution >= 0.6 is 23.4 Å². The number of phenolic OH excluding ortho intramolecular Hbond substituents is 1. The quantitative estimate of drug-likeness (QED) is 0.802. The maximum absolute atomic E-state index is 9.37. The summed E-state index contributed by atoms with van der Waals surface area (Å²) in [5, 5.41) is 9.75. The third-order valence-electron chi connectivity index (χ3n) is 2.45. The molecule has 0 atom stereocenters. The van der Waals surface area contributed by atoms with Crippen LogP contribution in [0.15, 0.2) is 47.4 Å². The van der Waals surface area contributed by atoms with E-state index in [4.69, 9.17) is 11.6 Å². The molecule has 0 aromatic heterocycles. The van der Waals surface area contributed by atoms with Crippen molar-refractivity contribution in [3.8, 4) is 16.9 Å². The van der Waals surface area contributed by atoms with Crippen molar-refractivity contribution < 1.29 is 5.11 Å². The van der Waals surface area contributed by atoms with Crippen molar-refractivity contribution in [1.29, 1.82) is 0 Å². The molecule has 3 heteroatoms. The molecule has 0 aliphatic carbocycles. The Balaban J connectivity index is 2.30. The van der Waals surface area contributed by atoms with E-state index in [1.807, 2.05) is 17.8 Å². The van der Waals surface area contributed by atoms with Gasteiger partial charge in [-0.3, -0.25) is 0 Å². The van der Waals surface area contributed by atoms with Gasteiger partial charge >= 0.3 is 0 Å². The molecule has 2 rings (SSSR count). The Morgan fingerprint density at radius 2 is 1.71 bits per heavy atom. The van der Waals surface area contributed by atoms with E-state index < -0.39 is 0 Å². The number of rotatable bonds is 3. The SMILES string of the molecule is CCSc1ccc(-c2ccc(O)c(Cl)c2)cc1. The van der Waals surface area contributed by atoms with E-state index in [-0.39, 0.29) is 5.75 Å². The Labute approximate surface area is 110 Å². The van der Waals surface area contributed by atoms with Crippen molar-refractivity contribution in [3.63, 3.8) is 0 Å². The lowest BCUT2D eigenvalue weighted by Gasteiger charge is -2.05. The Bertz CT molecular complexity index is 508. The largest absolute Gasteiger partial charge is 0.506 e. The summed E-state index contributed by atoms with van der Waals surface area (Å²) in [5.74, 6) is 1.19. The first-order chi connectivity index (χ1) is 8.20. The summed E-state index contributed by atoms with van der Waals surface area (Å²) in [5.41, 5.74) is 2.12. The van der Waals surface area contributed by atoms with Crippen molar-refractivity contribution in [3.05, 3.63) is 47.5 Å². The molecule has 0 saturated heterocycles. The van der Waals surface area contributed by atoms with Crippen LogP contribution in [0.4, 0.5) is 0 Å². The number of benzene rings is 2. The number of phenols is 1. The van der Waals surface area contributed by atoms with Crippen LogP contribution in [0.2, 0.25) is 5.02 Å². The van der Waals surface area contributed by atoms with Crippen molar-refractivity contribution in [2.75, 3.05) is 5.75 Å². The van der Waals surface area contributed by atoms with Crippen LogP contribution in [-0.4, -0.2) is 10.9 Å². The molecule has 0 heterocycles. The maximum atomic E-state index is 9.37. The molecule has 0 radical (unpaired) electrons. The van der Waals surface area contributed by atoms with Crippen molar-refractivity contribution in [2.45, 2.75) is 11.8 Å². The summed E-state index contributed by atoms with van der Waals surface area (Å²) < 4.78 is 0. The second-order valence-electron chi connectivity index (χ2n) is 3.62. The third-order valence-corrected chi connectivity index (χ3v) is 3.64. The molecule has 2 aromatic rings. The summed E-state index contributed by atoms with van der Waals surface area (Å²) in [4.78, 5) is 1.26. The van der Waals surface area contributed by atoms with Crippen LogP contribution < -0.4 is 0 Å². The Morgan fingerprint density at radius 3 is 2.29 bits per heavy atom. The zero-order valence-electron chi connectivity index (χ0n) is 9.48. The molecule has 0 fully saturated rings. The number of hydrogen-bond acceptors (Lipinski definition) is 2. The van der Waals surface area contributed by atoms with Crippen molar-refractivity contribution in [1.82, 2.24) is 0 Å². The lowest BCUT2D eigenvalue weighted by atomic mass is 10.1. The monoisotopic (exact) mass is 264 g/mol. The van der Waals surface area contributed by atoms with Crippen molar-refractivity contribution >= 4 is 23.4 Å². The second-order valence-corrected chi connectivity index (χ2v) is 5.37. The van der Waals surface area contributed by atoms with Gasteiger partial charge in [-0.05, 0) is 41.1 Å². The van der Waals surface area contributed by atoms with Crippen LogP contribution in [0.25, 0.3) is 11.1 Å². The van der Waals surface area contributed by atoms with E-state index in [0.717, 1.165) is 16.9 Å². The van der Waals surface area contributed by atoms with Gasteiger partial charge in [-0.1, -0.05) is 36.7 Å². The van der Waals surface area contributed by atoms with E-state index in [0.29, 0.717) is 5.02 Å². The average Bonchev–Trinajstić information content (AvgIpc) is 2.34. The molecule has 0 saturated carbocycles. The minimum atomic E-state index is 0.119. The number of hydrogen-bond donors (Lipinski definition) is 1. The highest BCUT2D eigenvalue weighted by Gasteiger charge is 2.02. The molecule has 0 unspecified atom stereocenters. The van der Waals surface area contributed by atoms with Gasteiger partial charge in [-0.25, -0.2) is 0 Å². The molecule has 0 spiro atoms. The van der Waals surface area contributed by atoms with Crippen LogP contribution in [0, 0.1) is 0 Å². The predicted octanol–water partition coefficient (Wildman–Crippen LogP) is 4.82. The van der Waals surface area contributed by atoms with E-state index in [1.165, 1.54) is 4.90 Å². The van der Waals surface area contributed by atoms with Gasteiger partial charge in [0.1, 0.15) is 5.75 Å². The number of thioether (sulfide) groups is 1. The molecule has 17 heavy (non-hydrogen) atoms. The highest BCUT2D eigenvalue weighted by Crippen LogP contribution is 2.30. The van der Waals surface area contributed by atoms with Crippen LogP contribution in [0.5, 0.6) is 5.75 Å². The van der Waals surface area contributed by atoms with E-state index >= 15 is 0 Å². The minimum absolute atomic E-state index is 0.119. The van der Waals surface area contributed by atoms with E-state index in [1.54, 1.807) is 12.1 Å². The molecule has 2 aromatic carbocycles. The molecular weight excluding hydrogens is 252 g/mol. The molecule has 0 amide bonds. The van der Waals surface area contributed by atoms with Gasteiger partial charge in [0, 0.05) is 4.90 Å². The van der Waals surface area contributed by atoms with Crippen LogP contribution in [-0.2, 0) is 0 Å². The summed E-state index contributed by atoms with van der Waals surface area (Å²) in [6.07, 6.45) is 0. The van der Waals surface area contributed by atoms with Gasteiger partial charge in [0.25, 0.3) is 0 Å². The smallest absolute Gasteiger partial charge is 0.134 e. The highest BCUT2D eigenvalue weighted by molar-refractivity contribution is 7.99. The van der Waals surface area contributed by atoms with Gasteiger partial charge in [-0.15, -0.1) is 11.8 Å². The average molecular weight is 265 g/mol. The summed E-state index contributed by atoms with van der Waals surface area (Å²) in [6, 6.07) is 13.6. The lowest BCUT2D eigenvalue weighted by Crippen LogP contribution is -1.79. The first kappa shape index (κ1) is 12.3. The standard InChI is InChI=1S/C14H13ClOS/c1-2-17-12-6-3-10(4-7-12)11-5-8-14(16)13(15)9-11/h3-9,16H,2H2,1H3. The first-order valence-corrected chi connectivity index (χ1v) is 6.79. The van der Waals surface area contributed by atoms with Gasteiger partial charge in [0.15, 0.2) is 0 Å². The summed E-state index contributed by atoms with van der Waals surface area (Å²) in [6.45, 7) is 2.14. The molecule has 0 bridgehead atoms. The molecule has 0 aliphatic rings. The Hall–Kier alpha value is -1.12. The molecular formula is C14H13ClOS. The van der Waals surface area contributed by atoms with Gasteiger partial charge in [-0.2, -0.15) is 0 Å². The normalized spacial score (nSPS) is 10.5. The molecule has 0 aliphatic heterocycles. The topological polar surface area (TPSA) is 20.2 Å². The summed E-state index contributed by atoms with van der Waals surface area (Å²) in [7, 11) is 0. The molecule has 88 valence electrons. The predicted molar refractivity (Wildman–Crippen MR) is 75.0 cm³/mol. The Kier molecular flexibility index (Phi) is 3.97. The van der Waals surface area contributed by atoms with E-state index in [9.17, 15) is 5.11 Å². The molecule has 1 N–H and O–H groups in total. The molecule has 1 nitrogen and oxygen atoms in total.